The number of nitrogens with zero attached hydrogens (tertiary/aromatic N) is 1. The number of rotatable bonds is 1. The van der Waals surface area contributed by atoms with Crippen LogP contribution in [-0.4, -0.2) is 28.6 Å². The van der Waals surface area contributed by atoms with Gasteiger partial charge in [0.15, 0.2) is 0 Å². The van der Waals surface area contributed by atoms with Gasteiger partial charge >= 0.3 is 5.97 Å². The topological polar surface area (TPSA) is 40.5 Å². The summed E-state index contributed by atoms with van der Waals surface area (Å²) in [5, 5.41) is 8.56. The second-order valence-electron chi connectivity index (χ2n) is 2.52. The summed E-state index contributed by atoms with van der Waals surface area (Å²) in [6.45, 7) is 1.39. The molecule has 0 aromatic heterocycles. The molecule has 58 valence electrons. The van der Waals surface area contributed by atoms with Crippen molar-refractivity contribution in [1.29, 1.82) is 0 Å². The van der Waals surface area contributed by atoms with Gasteiger partial charge in [0.05, 0.1) is 5.92 Å². The Hall–Kier alpha value is -0.280. The fourth-order valence-electron chi connectivity index (χ4n) is 1.09. The zero-order valence-electron chi connectivity index (χ0n) is 5.59. The fraction of sp³-hybridized carbons (Fsp3) is 0.833. The molecule has 0 spiro atoms. The zero-order chi connectivity index (χ0) is 7.56. The first-order valence-corrected chi connectivity index (χ1v) is 3.67. The lowest BCUT2D eigenvalue weighted by molar-refractivity contribution is -0.142. The first-order valence-electron chi connectivity index (χ1n) is 3.33. The van der Waals surface area contributed by atoms with Crippen LogP contribution in [-0.2, 0) is 4.79 Å². The van der Waals surface area contributed by atoms with E-state index in [2.05, 4.69) is 0 Å². The van der Waals surface area contributed by atoms with Gasteiger partial charge in [0, 0.05) is 13.1 Å². The Kier molecular flexibility index (Phi) is 2.51. The minimum Gasteiger partial charge on any atom is -0.481 e. The van der Waals surface area contributed by atoms with Crippen LogP contribution >= 0.6 is 11.8 Å². The van der Waals surface area contributed by atoms with Crippen LogP contribution in [0.15, 0.2) is 0 Å². The highest BCUT2D eigenvalue weighted by Gasteiger charge is 2.23. The van der Waals surface area contributed by atoms with E-state index in [4.69, 9.17) is 16.9 Å². The van der Waals surface area contributed by atoms with Gasteiger partial charge in [-0.3, -0.25) is 4.79 Å². The largest absolute Gasteiger partial charge is 0.481 e. The van der Waals surface area contributed by atoms with Crippen molar-refractivity contribution in [2.75, 3.05) is 13.1 Å². The Morgan fingerprint density at radius 3 is 2.40 bits per heavy atom. The number of hydrogen-bond donors (Lipinski definition) is 1. The highest BCUT2D eigenvalue weighted by Crippen LogP contribution is 2.17. The van der Waals surface area contributed by atoms with E-state index >= 15 is 0 Å². The maximum atomic E-state index is 10.4. The molecule has 1 aliphatic rings. The number of hydrogen-bond acceptors (Lipinski definition) is 2. The van der Waals surface area contributed by atoms with Crippen molar-refractivity contribution in [1.82, 2.24) is 4.42 Å². The summed E-state index contributed by atoms with van der Waals surface area (Å²) in [5.41, 5.74) is 0. The molecular weight excluding hydrogens is 154 g/mol. The number of carbonyl (C=O) groups is 1. The SMILES string of the molecule is O=C(O)C1CCN(Cl)CC1. The lowest BCUT2D eigenvalue weighted by atomic mass is 9.99. The van der Waals surface area contributed by atoms with Gasteiger partial charge in [-0.05, 0) is 24.6 Å². The molecule has 0 aromatic carbocycles. The first kappa shape index (κ1) is 7.82. The van der Waals surface area contributed by atoms with Gasteiger partial charge < -0.3 is 5.11 Å². The molecule has 4 heteroatoms. The second-order valence-corrected chi connectivity index (χ2v) is 3.00. The van der Waals surface area contributed by atoms with Crippen molar-refractivity contribution in [2.24, 2.45) is 5.92 Å². The minimum absolute atomic E-state index is 0.171. The van der Waals surface area contributed by atoms with Crippen LogP contribution in [0.1, 0.15) is 12.8 Å². The quantitative estimate of drug-likeness (QED) is 0.585. The summed E-state index contributed by atoms with van der Waals surface area (Å²) in [5.74, 6) is -0.861. The van der Waals surface area contributed by atoms with Crippen molar-refractivity contribution in [3.8, 4) is 0 Å². The molecule has 1 rings (SSSR count). The number of aliphatic carboxylic acids is 1. The summed E-state index contributed by atoms with van der Waals surface area (Å²) < 4.78 is 1.64. The van der Waals surface area contributed by atoms with Gasteiger partial charge in [-0.2, -0.15) is 0 Å². The van der Waals surface area contributed by atoms with Crippen molar-refractivity contribution in [3.63, 3.8) is 0 Å². The Morgan fingerprint density at radius 1 is 1.50 bits per heavy atom. The highest BCUT2D eigenvalue weighted by atomic mass is 35.5. The molecule has 0 radical (unpaired) electrons. The number of piperidine rings is 1. The molecule has 1 fully saturated rings. The maximum absolute atomic E-state index is 10.4. The molecule has 0 aromatic rings. The van der Waals surface area contributed by atoms with Crippen LogP contribution in [0.5, 0.6) is 0 Å². The normalized spacial score (nSPS) is 22.9. The fourth-order valence-corrected chi connectivity index (χ4v) is 1.29. The predicted molar refractivity (Wildman–Crippen MR) is 37.8 cm³/mol. The highest BCUT2D eigenvalue weighted by molar-refractivity contribution is 6.13. The van der Waals surface area contributed by atoms with E-state index < -0.39 is 5.97 Å². The molecule has 0 unspecified atom stereocenters. The van der Waals surface area contributed by atoms with E-state index in [1.165, 1.54) is 0 Å². The third-order valence-corrected chi connectivity index (χ3v) is 2.13. The second kappa shape index (κ2) is 3.21. The van der Waals surface area contributed by atoms with Crippen molar-refractivity contribution < 1.29 is 9.90 Å². The van der Waals surface area contributed by atoms with Crippen LogP contribution in [0.4, 0.5) is 0 Å². The van der Waals surface area contributed by atoms with E-state index in [1.54, 1.807) is 4.42 Å². The van der Waals surface area contributed by atoms with Gasteiger partial charge in [-0.25, -0.2) is 4.42 Å². The summed E-state index contributed by atoms with van der Waals surface area (Å²) in [6.07, 6.45) is 1.36. The third kappa shape index (κ3) is 1.85. The van der Waals surface area contributed by atoms with Crippen LogP contribution < -0.4 is 0 Å². The van der Waals surface area contributed by atoms with Gasteiger partial charge in [0.2, 0.25) is 0 Å². The molecule has 0 bridgehead atoms. The summed E-state index contributed by atoms with van der Waals surface area (Å²) in [4.78, 5) is 10.4. The summed E-state index contributed by atoms with van der Waals surface area (Å²) in [7, 11) is 0. The lowest BCUT2D eigenvalue weighted by Crippen LogP contribution is -2.30. The molecule has 10 heavy (non-hydrogen) atoms. The lowest BCUT2D eigenvalue weighted by Gasteiger charge is -2.23. The van der Waals surface area contributed by atoms with Gasteiger partial charge in [-0.1, -0.05) is 0 Å². The van der Waals surface area contributed by atoms with Crippen LogP contribution in [0, 0.1) is 5.92 Å². The maximum Gasteiger partial charge on any atom is 0.306 e. The average molecular weight is 164 g/mol. The van der Waals surface area contributed by atoms with Gasteiger partial charge in [0.1, 0.15) is 0 Å². The molecule has 1 saturated heterocycles. The van der Waals surface area contributed by atoms with E-state index in [-0.39, 0.29) is 5.92 Å². The van der Waals surface area contributed by atoms with Crippen molar-refractivity contribution in [2.45, 2.75) is 12.8 Å². The molecular formula is C6H10ClNO2. The zero-order valence-corrected chi connectivity index (χ0v) is 6.34. The molecule has 0 saturated carbocycles. The molecule has 3 nitrogen and oxygen atoms in total. The third-order valence-electron chi connectivity index (χ3n) is 1.79. The standard InChI is InChI=1S/C6H10ClNO2/c7-8-3-1-5(2-4-8)6(9)10/h5H,1-4H2,(H,9,10). The number of carboxylic acid groups (broad SMARTS) is 1. The van der Waals surface area contributed by atoms with Crippen molar-refractivity contribution in [3.05, 3.63) is 0 Å². The molecule has 1 heterocycles. The molecule has 0 atom stereocenters. The molecule has 1 N–H and O–H groups in total. The smallest absolute Gasteiger partial charge is 0.306 e. The number of halogens is 1. The van der Waals surface area contributed by atoms with E-state index in [0.29, 0.717) is 25.9 Å². The summed E-state index contributed by atoms with van der Waals surface area (Å²) >= 11 is 5.63. The average Bonchev–Trinajstić information content (AvgIpc) is 1.88. The summed E-state index contributed by atoms with van der Waals surface area (Å²) in [6, 6.07) is 0. The molecule has 1 aliphatic heterocycles. The van der Waals surface area contributed by atoms with Crippen LogP contribution in [0.25, 0.3) is 0 Å². The van der Waals surface area contributed by atoms with E-state index in [9.17, 15) is 4.79 Å². The molecule has 0 aliphatic carbocycles. The monoisotopic (exact) mass is 163 g/mol. The van der Waals surface area contributed by atoms with E-state index in [1.807, 2.05) is 0 Å². The van der Waals surface area contributed by atoms with Gasteiger partial charge in [0.25, 0.3) is 0 Å². The first-order chi connectivity index (χ1) is 4.70. The Morgan fingerprint density at radius 2 is 2.00 bits per heavy atom. The predicted octanol–water partition coefficient (Wildman–Crippen LogP) is 0.937. The Bertz CT molecular complexity index is 132. The molecule has 0 amide bonds. The van der Waals surface area contributed by atoms with Crippen molar-refractivity contribution >= 4 is 17.7 Å². The Balaban J connectivity index is 2.33. The Labute approximate surface area is 64.7 Å². The van der Waals surface area contributed by atoms with Crippen LogP contribution in [0.2, 0.25) is 0 Å². The van der Waals surface area contributed by atoms with Crippen LogP contribution in [0.3, 0.4) is 0 Å². The van der Waals surface area contributed by atoms with E-state index in [0.717, 1.165) is 0 Å². The minimum atomic E-state index is -0.690. The number of carboxylic acids is 1. The van der Waals surface area contributed by atoms with Gasteiger partial charge in [-0.15, -0.1) is 0 Å².